The molecule has 0 fully saturated rings. The number of rotatable bonds is 5. The minimum Gasteiger partial charge on any atom is -0.505 e. The van der Waals surface area contributed by atoms with Crippen molar-refractivity contribution in [3.8, 4) is 17.2 Å². The van der Waals surface area contributed by atoms with Crippen LogP contribution in [0.4, 0.5) is 0 Å². The summed E-state index contributed by atoms with van der Waals surface area (Å²) in [6.07, 6.45) is 0. The zero-order valence-electron chi connectivity index (χ0n) is 13.9. The second-order valence-electron chi connectivity index (χ2n) is 5.98. The van der Waals surface area contributed by atoms with Crippen LogP contribution in [0.5, 0.6) is 17.2 Å². The second kappa shape index (κ2) is 10.4. The van der Waals surface area contributed by atoms with Gasteiger partial charge in [-0.15, -0.1) is 0 Å². The van der Waals surface area contributed by atoms with E-state index in [4.69, 9.17) is 9.47 Å². The number of phenolic OH excluding ortho intramolecular Hbond substituents is 1. The van der Waals surface area contributed by atoms with Gasteiger partial charge in [0, 0.05) is 4.47 Å². The Bertz CT molecular complexity index is 886. The first-order valence-corrected chi connectivity index (χ1v) is 14.3. The first-order chi connectivity index (χ1) is 12.8. The van der Waals surface area contributed by atoms with Crippen molar-refractivity contribution in [3.63, 3.8) is 0 Å². The summed E-state index contributed by atoms with van der Waals surface area (Å²) >= 11 is 31.3. The lowest BCUT2D eigenvalue weighted by atomic mass is 10.1. The van der Waals surface area contributed by atoms with Crippen molar-refractivity contribution in [1.29, 1.82) is 0 Å². The highest BCUT2D eigenvalue weighted by atomic mass is 79.9. The summed E-state index contributed by atoms with van der Waals surface area (Å²) in [6, 6.07) is 0. The fourth-order valence-electron chi connectivity index (χ4n) is 1.95. The van der Waals surface area contributed by atoms with E-state index in [0.717, 1.165) is 22.4 Å². The highest BCUT2D eigenvalue weighted by Crippen LogP contribution is 2.51. The average molecular weight is 968 g/mol. The monoisotopic (exact) mass is 959 g/mol. The molecule has 2 aromatic rings. The molecule has 0 saturated carbocycles. The predicted octanol–water partition coefficient (Wildman–Crippen LogP) is 10.5. The molecule has 3 nitrogen and oxygen atoms in total. The molecule has 0 atom stereocenters. The molecule has 2 rings (SSSR count). The van der Waals surface area contributed by atoms with Gasteiger partial charge in [-0.05, 0) is 157 Å². The van der Waals surface area contributed by atoms with Crippen LogP contribution >= 0.6 is 143 Å². The van der Waals surface area contributed by atoms with Gasteiger partial charge in [-0.3, -0.25) is 0 Å². The Labute approximate surface area is 238 Å². The number of benzene rings is 2. The summed E-state index contributed by atoms with van der Waals surface area (Å²) in [7, 11) is 0. The molecule has 0 bridgehead atoms. The van der Waals surface area contributed by atoms with Gasteiger partial charge in [0.25, 0.3) is 0 Å². The molecule has 12 heteroatoms. The molecule has 0 saturated heterocycles. The van der Waals surface area contributed by atoms with E-state index in [0.29, 0.717) is 29.4 Å². The number of ether oxygens (including phenoxy) is 2. The van der Waals surface area contributed by atoms with Crippen LogP contribution in [0, 0.1) is 0 Å². The summed E-state index contributed by atoms with van der Waals surface area (Å²) in [4.78, 5) is 0. The van der Waals surface area contributed by atoms with Gasteiger partial charge in [-0.1, -0.05) is 0 Å². The fraction of sp³-hybridized carbons (Fsp3) is 0.250. The molecule has 154 valence electrons. The van der Waals surface area contributed by atoms with Gasteiger partial charge in [-0.25, -0.2) is 0 Å². The lowest BCUT2D eigenvalue weighted by Crippen LogP contribution is -2.36. The zero-order chi connectivity index (χ0) is 21.5. The van der Waals surface area contributed by atoms with E-state index >= 15 is 0 Å². The van der Waals surface area contributed by atoms with Crippen LogP contribution in [0.3, 0.4) is 0 Å². The molecule has 0 unspecified atom stereocenters. The van der Waals surface area contributed by atoms with Crippen LogP contribution in [0.25, 0.3) is 0 Å². The molecule has 1 N–H and O–H groups in total. The molecule has 0 spiro atoms. The first kappa shape index (κ1) is 26.4. The van der Waals surface area contributed by atoms with E-state index in [1.54, 1.807) is 0 Å². The van der Waals surface area contributed by atoms with Gasteiger partial charge in [0.1, 0.15) is 23.7 Å². The lowest BCUT2D eigenvalue weighted by molar-refractivity contribution is 0.0498. The minimum atomic E-state index is -0.703. The summed E-state index contributed by atoms with van der Waals surface area (Å²) < 4.78 is 18.5. The van der Waals surface area contributed by atoms with E-state index < -0.39 is 5.60 Å². The average Bonchev–Trinajstić information content (AvgIpc) is 2.65. The van der Waals surface area contributed by atoms with Crippen LogP contribution in [0.2, 0.25) is 0 Å². The zero-order valence-corrected chi connectivity index (χ0v) is 28.1. The lowest BCUT2D eigenvalue weighted by Gasteiger charge is -2.29. The van der Waals surface area contributed by atoms with Crippen LogP contribution in [-0.2, 0) is 0 Å². The third-order valence-electron chi connectivity index (χ3n) is 3.31. The minimum absolute atomic E-state index is 0.0672. The highest BCUT2D eigenvalue weighted by Gasteiger charge is 2.29. The maximum Gasteiger partial charge on any atom is 0.151 e. The van der Waals surface area contributed by atoms with E-state index in [-0.39, 0.29) is 12.4 Å². The van der Waals surface area contributed by atoms with Gasteiger partial charge in [0.05, 0.1) is 35.8 Å². The first-order valence-electron chi connectivity index (χ1n) is 7.18. The quantitative estimate of drug-likeness (QED) is 0.240. The van der Waals surface area contributed by atoms with Gasteiger partial charge < -0.3 is 14.6 Å². The maximum atomic E-state index is 10.1. The van der Waals surface area contributed by atoms with Gasteiger partial charge in [-0.2, -0.15) is 0 Å². The van der Waals surface area contributed by atoms with Crippen molar-refractivity contribution in [2.75, 3.05) is 6.61 Å². The van der Waals surface area contributed by atoms with Crippen LogP contribution in [0.15, 0.2) is 40.3 Å². The summed E-state index contributed by atoms with van der Waals surface area (Å²) in [6.45, 7) is 4.07. The molecular formula is C16H9Br9O3. The normalized spacial score (nSPS) is 11.7. The predicted molar refractivity (Wildman–Crippen MR) is 144 cm³/mol. The van der Waals surface area contributed by atoms with Crippen molar-refractivity contribution in [1.82, 2.24) is 0 Å². The molecule has 0 aromatic heterocycles. The van der Waals surface area contributed by atoms with Crippen molar-refractivity contribution >= 4 is 143 Å². The number of aromatic hydroxyl groups is 1. The van der Waals surface area contributed by atoms with Gasteiger partial charge in [0.2, 0.25) is 0 Å². The van der Waals surface area contributed by atoms with Crippen molar-refractivity contribution in [2.45, 2.75) is 19.4 Å². The van der Waals surface area contributed by atoms with Crippen LogP contribution < -0.4 is 9.47 Å². The fourth-order valence-corrected chi connectivity index (χ4v) is 7.41. The van der Waals surface area contributed by atoms with Crippen molar-refractivity contribution in [2.24, 2.45) is 0 Å². The molecule has 0 amide bonds. The molecule has 28 heavy (non-hydrogen) atoms. The van der Waals surface area contributed by atoms with Crippen molar-refractivity contribution < 1.29 is 14.6 Å². The van der Waals surface area contributed by atoms with Crippen LogP contribution in [0.1, 0.15) is 13.8 Å². The summed E-state index contributed by atoms with van der Waals surface area (Å²) in [5, 5.41) is 10.1. The topological polar surface area (TPSA) is 38.7 Å². The van der Waals surface area contributed by atoms with Gasteiger partial charge >= 0.3 is 0 Å². The second-order valence-corrected chi connectivity index (χ2v) is 13.1. The van der Waals surface area contributed by atoms with E-state index in [1.165, 1.54) is 0 Å². The number of phenols is 1. The Kier molecular flexibility index (Phi) is 9.81. The van der Waals surface area contributed by atoms with E-state index in [2.05, 4.69) is 143 Å². The molecular weight excluding hydrogens is 959 g/mol. The summed E-state index contributed by atoms with van der Waals surface area (Å²) in [5.74, 6) is 1.23. The Morgan fingerprint density at radius 1 is 0.607 bits per heavy atom. The Morgan fingerprint density at radius 2 is 0.964 bits per heavy atom. The molecule has 0 aliphatic rings. The molecule has 0 radical (unpaired) electrons. The number of hydrogen-bond acceptors (Lipinski definition) is 3. The molecule has 2 aromatic carbocycles. The largest absolute Gasteiger partial charge is 0.505 e. The number of halogens is 9. The van der Waals surface area contributed by atoms with Gasteiger partial charge in [0.15, 0.2) is 5.75 Å². The molecule has 0 aliphatic heterocycles. The Balaban J connectivity index is 2.33. The molecule has 0 aliphatic carbocycles. The summed E-state index contributed by atoms with van der Waals surface area (Å²) in [5.41, 5.74) is -0.703. The SMILES string of the molecule is CC(C)(COc1c(Br)c(Br)c(Br)c(Br)c1Br)Oc1c(Br)c(Br)c(O)c(Br)c1Br. The maximum absolute atomic E-state index is 10.1. The highest BCUT2D eigenvalue weighted by molar-refractivity contribution is 9.16. The van der Waals surface area contributed by atoms with Crippen LogP contribution in [-0.4, -0.2) is 17.3 Å². The third kappa shape index (κ3) is 5.55. The smallest absolute Gasteiger partial charge is 0.151 e. The standard InChI is InChI=1S/C16H9Br9O3/c1-16(2,28-15-11(24)7(20)13(26)8(21)12(15)25)3-27-14-9(22)5(18)4(17)6(19)10(14)23/h26H,3H2,1-2H3. The van der Waals surface area contributed by atoms with E-state index in [1.807, 2.05) is 13.8 Å². The number of hydrogen-bond donors (Lipinski definition) is 1. The van der Waals surface area contributed by atoms with E-state index in [9.17, 15) is 5.11 Å². The molecule has 0 heterocycles. The van der Waals surface area contributed by atoms with Crippen molar-refractivity contribution in [3.05, 3.63) is 40.3 Å². The Morgan fingerprint density at radius 3 is 1.39 bits per heavy atom. The Hall–Kier alpha value is 2.16. The third-order valence-corrected chi connectivity index (χ3v) is 13.5.